The van der Waals surface area contributed by atoms with Gasteiger partial charge in [-0.15, -0.1) is 0 Å². The lowest BCUT2D eigenvalue weighted by Crippen LogP contribution is -2.46. The van der Waals surface area contributed by atoms with Crippen LogP contribution in [-0.4, -0.2) is 9.97 Å². The Morgan fingerprint density at radius 2 is 1.67 bits per heavy atom. The Labute approximate surface area is 106 Å². The van der Waals surface area contributed by atoms with Crippen LogP contribution < -0.4 is 21.8 Å². The van der Waals surface area contributed by atoms with Crippen molar-refractivity contribution in [1.29, 1.82) is 0 Å². The minimum Gasteiger partial charge on any atom is -0.316 e. The van der Waals surface area contributed by atoms with Crippen molar-refractivity contribution in [2.45, 2.75) is 46.5 Å². The van der Waals surface area contributed by atoms with Gasteiger partial charge in [0.05, 0.1) is 0 Å². The third-order valence-corrected chi connectivity index (χ3v) is 2.64. The molecule has 2 N–H and O–H groups in total. The average molecular weight is 250 g/mol. The molecule has 1 rings (SSSR count). The molecule has 0 spiro atoms. The highest BCUT2D eigenvalue weighted by Crippen LogP contribution is 1.98. The lowest BCUT2D eigenvalue weighted by Gasteiger charge is -1.94. The summed E-state index contributed by atoms with van der Waals surface area (Å²) in [5, 5.41) is 0.720. The van der Waals surface area contributed by atoms with E-state index in [1.807, 2.05) is 13.8 Å². The molecule has 0 aliphatic carbocycles. The van der Waals surface area contributed by atoms with Crippen LogP contribution in [0, 0.1) is 5.92 Å². The van der Waals surface area contributed by atoms with Gasteiger partial charge in [-0.2, -0.15) is 0 Å². The molecule has 0 aliphatic rings. The zero-order valence-electron chi connectivity index (χ0n) is 11.4. The second-order valence-electron chi connectivity index (χ2n) is 4.85. The highest BCUT2D eigenvalue weighted by atomic mass is 16.1. The molecule has 0 atom stereocenters. The predicted octanol–water partition coefficient (Wildman–Crippen LogP) is 0.860. The van der Waals surface area contributed by atoms with Gasteiger partial charge >= 0.3 is 0 Å². The molecule has 1 heterocycles. The first kappa shape index (κ1) is 14.5. The summed E-state index contributed by atoms with van der Waals surface area (Å²) in [5.74, 6) is 0.223. The van der Waals surface area contributed by atoms with E-state index < -0.39 is 0 Å². The van der Waals surface area contributed by atoms with Gasteiger partial charge in [0.2, 0.25) is 0 Å². The van der Waals surface area contributed by atoms with E-state index in [1.165, 1.54) is 0 Å². The third-order valence-electron chi connectivity index (χ3n) is 2.64. The van der Waals surface area contributed by atoms with E-state index in [2.05, 4.69) is 16.9 Å². The van der Waals surface area contributed by atoms with Crippen LogP contribution in [0.15, 0.2) is 9.59 Å². The Kier molecular flexibility index (Phi) is 5.62. The predicted molar refractivity (Wildman–Crippen MR) is 74.8 cm³/mol. The van der Waals surface area contributed by atoms with Crippen LogP contribution in [0.1, 0.15) is 46.5 Å². The summed E-state index contributed by atoms with van der Waals surface area (Å²) in [6, 6.07) is 0. The molecule has 18 heavy (non-hydrogen) atoms. The van der Waals surface area contributed by atoms with Crippen LogP contribution in [0.4, 0.5) is 0 Å². The van der Waals surface area contributed by atoms with Gasteiger partial charge in [0.1, 0.15) is 10.7 Å². The maximum atomic E-state index is 11.8. The molecule has 0 aliphatic heterocycles. The van der Waals surface area contributed by atoms with Crippen LogP contribution in [-0.2, 0) is 0 Å². The van der Waals surface area contributed by atoms with Gasteiger partial charge in [-0.05, 0) is 18.8 Å². The highest BCUT2D eigenvalue weighted by Gasteiger charge is 1.96. The molecule has 0 bridgehead atoms. The smallest absolute Gasteiger partial charge is 0.271 e. The monoisotopic (exact) mass is 250 g/mol. The minimum absolute atomic E-state index is 0.223. The molecule has 0 aromatic carbocycles. The number of hydrogen-bond acceptors (Lipinski definition) is 2. The largest absolute Gasteiger partial charge is 0.316 e. The van der Waals surface area contributed by atoms with Crippen molar-refractivity contribution >= 4 is 12.2 Å². The standard InChI is InChI=1S/C14H22N2O2/c1-4-5-6-7-8-11-13(17)16-12(9-10(2)3)14(18)15-11/h8-10H,4-7H2,1-3H3,(H,15,18)(H,16,17)/b11-8+,12-9+. The van der Waals surface area contributed by atoms with Crippen LogP contribution in [0.5, 0.6) is 0 Å². The van der Waals surface area contributed by atoms with E-state index in [1.54, 1.807) is 12.2 Å². The number of aromatic amines is 2. The quantitative estimate of drug-likeness (QED) is 0.761. The molecule has 1 aromatic rings. The van der Waals surface area contributed by atoms with Crippen molar-refractivity contribution in [3.63, 3.8) is 0 Å². The normalized spacial score (nSPS) is 13.6. The molecule has 4 nitrogen and oxygen atoms in total. The topological polar surface area (TPSA) is 65.7 Å². The second kappa shape index (κ2) is 6.99. The Morgan fingerprint density at radius 3 is 2.28 bits per heavy atom. The fourth-order valence-corrected chi connectivity index (χ4v) is 1.73. The second-order valence-corrected chi connectivity index (χ2v) is 4.85. The molecular weight excluding hydrogens is 228 g/mol. The Bertz CT molecular complexity index is 593. The molecule has 1 aromatic heterocycles. The van der Waals surface area contributed by atoms with Gasteiger partial charge < -0.3 is 9.97 Å². The van der Waals surface area contributed by atoms with Crippen LogP contribution in [0.25, 0.3) is 12.2 Å². The van der Waals surface area contributed by atoms with Crippen LogP contribution in [0.3, 0.4) is 0 Å². The number of nitrogens with one attached hydrogen (secondary N) is 2. The summed E-state index contributed by atoms with van der Waals surface area (Å²) in [5.41, 5.74) is -0.456. The summed E-state index contributed by atoms with van der Waals surface area (Å²) in [6.07, 6.45) is 7.69. The number of unbranched alkanes of at least 4 members (excludes halogenated alkanes) is 3. The molecule has 0 saturated carbocycles. The van der Waals surface area contributed by atoms with Crippen molar-refractivity contribution in [1.82, 2.24) is 9.97 Å². The Morgan fingerprint density at radius 1 is 1.06 bits per heavy atom. The summed E-state index contributed by atoms with van der Waals surface area (Å²) in [4.78, 5) is 28.8. The maximum absolute atomic E-state index is 11.8. The number of H-pyrrole nitrogens is 2. The maximum Gasteiger partial charge on any atom is 0.271 e. The molecule has 0 radical (unpaired) electrons. The minimum atomic E-state index is -0.231. The van der Waals surface area contributed by atoms with Crippen molar-refractivity contribution in [3.05, 3.63) is 31.4 Å². The summed E-state index contributed by atoms with van der Waals surface area (Å²) < 4.78 is 0. The zero-order valence-corrected chi connectivity index (χ0v) is 11.4. The fraction of sp³-hybridized carbons (Fsp3) is 0.571. The summed E-state index contributed by atoms with van der Waals surface area (Å²) >= 11 is 0. The zero-order chi connectivity index (χ0) is 13.5. The van der Waals surface area contributed by atoms with E-state index in [4.69, 9.17) is 0 Å². The van der Waals surface area contributed by atoms with E-state index in [-0.39, 0.29) is 17.0 Å². The lowest BCUT2D eigenvalue weighted by atomic mass is 10.2. The van der Waals surface area contributed by atoms with Gasteiger partial charge in [-0.3, -0.25) is 9.59 Å². The summed E-state index contributed by atoms with van der Waals surface area (Å²) in [7, 11) is 0. The highest BCUT2D eigenvalue weighted by molar-refractivity contribution is 5.21. The third kappa shape index (κ3) is 4.35. The van der Waals surface area contributed by atoms with Gasteiger partial charge in [0.25, 0.3) is 11.1 Å². The molecule has 4 heteroatoms. The Balaban J connectivity index is 3.09. The summed E-state index contributed by atoms with van der Waals surface area (Å²) in [6.45, 7) is 6.05. The van der Waals surface area contributed by atoms with E-state index in [9.17, 15) is 9.59 Å². The van der Waals surface area contributed by atoms with E-state index in [0.717, 1.165) is 25.7 Å². The van der Waals surface area contributed by atoms with Crippen molar-refractivity contribution in [2.24, 2.45) is 5.92 Å². The first-order chi connectivity index (χ1) is 8.54. The molecule has 0 fully saturated rings. The first-order valence-corrected chi connectivity index (χ1v) is 6.59. The van der Waals surface area contributed by atoms with Crippen molar-refractivity contribution < 1.29 is 0 Å². The van der Waals surface area contributed by atoms with E-state index in [0.29, 0.717) is 10.7 Å². The van der Waals surface area contributed by atoms with E-state index >= 15 is 0 Å². The fourth-order valence-electron chi connectivity index (χ4n) is 1.73. The first-order valence-electron chi connectivity index (χ1n) is 6.59. The van der Waals surface area contributed by atoms with Gasteiger partial charge in [0, 0.05) is 0 Å². The number of hydrogen-bond donors (Lipinski definition) is 2. The number of rotatable bonds is 5. The Hall–Kier alpha value is -1.58. The van der Waals surface area contributed by atoms with Crippen molar-refractivity contribution in [2.75, 3.05) is 0 Å². The van der Waals surface area contributed by atoms with Crippen LogP contribution >= 0.6 is 0 Å². The average Bonchev–Trinajstić information content (AvgIpc) is 2.29. The molecular formula is C14H22N2O2. The molecule has 0 saturated heterocycles. The number of aromatic nitrogens is 2. The van der Waals surface area contributed by atoms with Gasteiger partial charge in [-0.1, -0.05) is 45.8 Å². The van der Waals surface area contributed by atoms with Crippen LogP contribution in [0.2, 0.25) is 0 Å². The van der Waals surface area contributed by atoms with Crippen molar-refractivity contribution in [3.8, 4) is 0 Å². The van der Waals surface area contributed by atoms with Gasteiger partial charge in [-0.25, -0.2) is 0 Å². The van der Waals surface area contributed by atoms with Gasteiger partial charge in [0.15, 0.2) is 0 Å². The molecule has 0 amide bonds. The SMILES string of the molecule is CCCCC/C=c1/[nH]c(=O)/c(=C\C(C)C)[nH]c1=O. The lowest BCUT2D eigenvalue weighted by molar-refractivity contribution is 0.739. The molecule has 100 valence electrons. The molecule has 0 unspecified atom stereocenters.